The van der Waals surface area contributed by atoms with Crippen molar-refractivity contribution in [2.24, 2.45) is 0 Å². The minimum absolute atomic E-state index is 0.0913. The molecule has 1 aliphatic rings. The van der Waals surface area contributed by atoms with Crippen LogP contribution in [0.5, 0.6) is 0 Å². The highest BCUT2D eigenvalue weighted by atomic mass is 16.5. The van der Waals surface area contributed by atoms with E-state index < -0.39 is 0 Å². The fourth-order valence-corrected chi connectivity index (χ4v) is 5.35. The van der Waals surface area contributed by atoms with Gasteiger partial charge in [0, 0.05) is 43.0 Å². The van der Waals surface area contributed by atoms with E-state index in [0.717, 1.165) is 39.2 Å². The normalized spacial score (nSPS) is 12.3. The molecule has 1 aliphatic heterocycles. The zero-order valence-corrected chi connectivity index (χ0v) is 22.8. The number of rotatable bonds is 7. The van der Waals surface area contributed by atoms with Gasteiger partial charge in [-0.25, -0.2) is 0 Å². The molecule has 0 saturated heterocycles. The summed E-state index contributed by atoms with van der Waals surface area (Å²) in [4.78, 5) is 33.1. The number of hydrogen-bond acceptors (Lipinski definition) is 4. The first kappa shape index (κ1) is 26.2. The molecule has 0 fully saturated rings. The van der Waals surface area contributed by atoms with Gasteiger partial charge >= 0.3 is 0 Å². The fourth-order valence-electron chi connectivity index (χ4n) is 5.35. The summed E-state index contributed by atoms with van der Waals surface area (Å²) in [5.74, 6) is -0.256. The van der Waals surface area contributed by atoms with Gasteiger partial charge in [0.15, 0.2) is 0 Å². The summed E-state index contributed by atoms with van der Waals surface area (Å²) < 4.78 is 7.37. The minimum Gasteiger partial charge on any atom is -0.380 e. The molecule has 7 nitrogen and oxygen atoms in total. The van der Waals surface area contributed by atoms with Gasteiger partial charge in [0.05, 0.1) is 19.7 Å². The summed E-state index contributed by atoms with van der Waals surface area (Å²) in [5.41, 5.74) is 8.01. The van der Waals surface area contributed by atoms with E-state index in [1.807, 2.05) is 89.5 Å². The molecule has 6 rings (SSSR count). The second-order valence-electron chi connectivity index (χ2n) is 10.0. The van der Waals surface area contributed by atoms with E-state index in [-0.39, 0.29) is 11.8 Å². The number of ether oxygens (including phenoxy) is 1. The number of fused-ring (bicyclic) bond motifs is 2. The van der Waals surface area contributed by atoms with Crippen molar-refractivity contribution in [1.29, 1.82) is 0 Å². The molecular weight excluding hydrogens is 512 g/mol. The van der Waals surface area contributed by atoms with Gasteiger partial charge < -0.3 is 19.5 Å². The lowest BCUT2D eigenvalue weighted by Crippen LogP contribution is -2.30. The Balaban J connectivity index is 1.27. The van der Waals surface area contributed by atoms with Crippen molar-refractivity contribution in [3.8, 4) is 11.1 Å². The van der Waals surface area contributed by atoms with Gasteiger partial charge in [-0.15, -0.1) is 0 Å². The van der Waals surface area contributed by atoms with Gasteiger partial charge in [0.1, 0.15) is 5.69 Å². The molecule has 0 aliphatic carbocycles. The van der Waals surface area contributed by atoms with Crippen molar-refractivity contribution in [3.63, 3.8) is 0 Å². The first-order valence-electron chi connectivity index (χ1n) is 13.5. The SMILES string of the molecule is COCc1ccccc1-c1ccc(C(=O)N2Cc3ccc(C(=O)NCc4cccnc4)n3Cc3ccccc32)cc1. The smallest absolute Gasteiger partial charge is 0.268 e. The number of aromatic nitrogens is 2. The van der Waals surface area contributed by atoms with Crippen LogP contribution in [-0.2, 0) is 31.0 Å². The molecule has 0 spiro atoms. The van der Waals surface area contributed by atoms with Crippen LogP contribution in [0.4, 0.5) is 5.69 Å². The lowest BCUT2D eigenvalue weighted by atomic mass is 9.98. The zero-order valence-electron chi connectivity index (χ0n) is 22.8. The Morgan fingerprint density at radius 2 is 1.68 bits per heavy atom. The zero-order chi connectivity index (χ0) is 28.2. The Morgan fingerprint density at radius 3 is 2.49 bits per heavy atom. The summed E-state index contributed by atoms with van der Waals surface area (Å²) in [7, 11) is 1.69. The predicted octanol–water partition coefficient (Wildman–Crippen LogP) is 5.84. The van der Waals surface area contributed by atoms with E-state index in [1.54, 1.807) is 24.4 Å². The molecule has 3 aromatic carbocycles. The van der Waals surface area contributed by atoms with Crippen LogP contribution in [0, 0.1) is 0 Å². The standard InChI is InChI=1S/C34H30N4O3/c1-41-23-28-9-2-4-10-30(28)25-12-14-26(15-13-25)34(40)38-22-29-16-17-32(33(39)36-20-24-7-6-18-35-19-24)37(29)21-27-8-3-5-11-31(27)38/h2-19H,20-23H2,1H3,(H,36,39). The summed E-state index contributed by atoms with van der Waals surface area (Å²) in [6.45, 7) is 1.75. The van der Waals surface area contributed by atoms with Gasteiger partial charge in [-0.05, 0) is 64.2 Å². The van der Waals surface area contributed by atoms with Crippen molar-refractivity contribution in [2.45, 2.75) is 26.2 Å². The molecule has 7 heteroatoms. The van der Waals surface area contributed by atoms with Crippen molar-refractivity contribution in [2.75, 3.05) is 12.0 Å². The molecule has 2 aromatic heterocycles. The molecule has 0 bridgehead atoms. The third kappa shape index (κ3) is 5.40. The second-order valence-corrected chi connectivity index (χ2v) is 10.0. The number of benzene rings is 3. The molecule has 0 radical (unpaired) electrons. The lowest BCUT2D eigenvalue weighted by Gasteiger charge is -2.23. The first-order valence-corrected chi connectivity index (χ1v) is 13.5. The predicted molar refractivity (Wildman–Crippen MR) is 158 cm³/mol. The largest absolute Gasteiger partial charge is 0.380 e. The topological polar surface area (TPSA) is 76.5 Å². The molecule has 5 aromatic rings. The van der Waals surface area contributed by atoms with E-state index in [1.165, 1.54) is 0 Å². The second kappa shape index (κ2) is 11.6. The number of nitrogens with one attached hydrogen (secondary N) is 1. The van der Waals surface area contributed by atoms with E-state index >= 15 is 0 Å². The quantitative estimate of drug-likeness (QED) is 0.281. The number of para-hydroxylation sites is 1. The van der Waals surface area contributed by atoms with Crippen LogP contribution in [0.25, 0.3) is 11.1 Å². The summed E-state index contributed by atoms with van der Waals surface area (Å²) in [5, 5.41) is 3.00. The number of carbonyl (C=O) groups is 2. The number of amides is 2. The molecule has 1 N–H and O–H groups in total. The number of methoxy groups -OCH3 is 1. The van der Waals surface area contributed by atoms with Gasteiger partial charge in [-0.3, -0.25) is 14.6 Å². The lowest BCUT2D eigenvalue weighted by molar-refractivity contribution is 0.0941. The van der Waals surface area contributed by atoms with Crippen LogP contribution in [0.1, 0.15) is 43.2 Å². The van der Waals surface area contributed by atoms with Crippen molar-refractivity contribution in [3.05, 3.63) is 143 Å². The number of carbonyl (C=O) groups excluding carboxylic acids is 2. The summed E-state index contributed by atoms with van der Waals surface area (Å²) in [6, 6.07) is 31.3. The van der Waals surface area contributed by atoms with Crippen molar-refractivity contribution in [1.82, 2.24) is 14.9 Å². The van der Waals surface area contributed by atoms with Gasteiger partial charge in [0.2, 0.25) is 0 Å². The van der Waals surface area contributed by atoms with Crippen LogP contribution in [-0.4, -0.2) is 28.5 Å². The van der Waals surface area contributed by atoms with Crippen LogP contribution < -0.4 is 10.2 Å². The highest BCUT2D eigenvalue weighted by molar-refractivity contribution is 6.07. The van der Waals surface area contributed by atoms with E-state index in [0.29, 0.717) is 37.5 Å². The number of nitrogens with zero attached hydrogens (tertiary/aromatic N) is 3. The third-order valence-corrected chi connectivity index (χ3v) is 7.42. The highest BCUT2D eigenvalue weighted by Crippen LogP contribution is 2.31. The van der Waals surface area contributed by atoms with Gasteiger partial charge in [-0.2, -0.15) is 0 Å². The number of pyridine rings is 1. The monoisotopic (exact) mass is 542 g/mol. The maximum absolute atomic E-state index is 14.0. The molecule has 204 valence electrons. The molecule has 41 heavy (non-hydrogen) atoms. The average molecular weight is 543 g/mol. The fraction of sp³-hybridized carbons (Fsp3) is 0.147. The Labute approximate surface area is 239 Å². The Hall–Kier alpha value is -5.01. The van der Waals surface area contributed by atoms with Crippen LogP contribution in [0.2, 0.25) is 0 Å². The van der Waals surface area contributed by atoms with E-state index in [4.69, 9.17) is 4.74 Å². The molecule has 0 atom stereocenters. The van der Waals surface area contributed by atoms with E-state index in [9.17, 15) is 9.59 Å². The first-order chi connectivity index (χ1) is 20.1. The molecule has 0 unspecified atom stereocenters. The Kier molecular flexibility index (Phi) is 7.43. The summed E-state index contributed by atoms with van der Waals surface area (Å²) >= 11 is 0. The average Bonchev–Trinajstić information content (AvgIpc) is 3.33. The number of hydrogen-bond donors (Lipinski definition) is 1. The third-order valence-electron chi connectivity index (χ3n) is 7.42. The maximum atomic E-state index is 14.0. The maximum Gasteiger partial charge on any atom is 0.268 e. The van der Waals surface area contributed by atoms with Crippen LogP contribution >= 0.6 is 0 Å². The Bertz CT molecular complexity index is 1690. The van der Waals surface area contributed by atoms with Crippen molar-refractivity contribution >= 4 is 17.5 Å². The van der Waals surface area contributed by atoms with Crippen LogP contribution in [0.15, 0.2) is 109 Å². The van der Waals surface area contributed by atoms with Gasteiger partial charge in [0.25, 0.3) is 11.8 Å². The minimum atomic E-state index is -0.165. The molecule has 3 heterocycles. The van der Waals surface area contributed by atoms with Gasteiger partial charge in [-0.1, -0.05) is 60.7 Å². The highest BCUT2D eigenvalue weighted by Gasteiger charge is 2.27. The Morgan fingerprint density at radius 1 is 0.878 bits per heavy atom. The molecule has 0 saturated carbocycles. The summed E-state index contributed by atoms with van der Waals surface area (Å²) in [6.07, 6.45) is 3.45. The number of anilines is 1. The van der Waals surface area contributed by atoms with E-state index in [2.05, 4.69) is 22.4 Å². The molecule has 2 amide bonds. The van der Waals surface area contributed by atoms with Crippen molar-refractivity contribution < 1.29 is 14.3 Å². The molecular formula is C34H30N4O3. The van der Waals surface area contributed by atoms with Crippen LogP contribution in [0.3, 0.4) is 0 Å².